The van der Waals surface area contributed by atoms with E-state index in [1.807, 2.05) is 42.5 Å². The van der Waals surface area contributed by atoms with Crippen LogP contribution < -0.4 is 17.2 Å². The summed E-state index contributed by atoms with van der Waals surface area (Å²) >= 11 is 0. The van der Waals surface area contributed by atoms with Crippen LogP contribution in [0.3, 0.4) is 0 Å². The number of benzene rings is 1. The van der Waals surface area contributed by atoms with Crippen LogP contribution in [-0.4, -0.2) is 35.4 Å². The Bertz CT molecular complexity index is 775. The molecule has 0 saturated carbocycles. The van der Waals surface area contributed by atoms with Crippen molar-refractivity contribution in [1.29, 1.82) is 0 Å². The molecule has 6 N–H and O–H groups in total. The molecule has 6 nitrogen and oxygen atoms in total. The first kappa shape index (κ1) is 18.1. The molecule has 3 rings (SSSR count). The van der Waals surface area contributed by atoms with Crippen molar-refractivity contribution in [3.05, 3.63) is 77.3 Å². The number of aromatic nitrogens is 1. The molecule has 2 heterocycles. The molecule has 136 valence electrons. The van der Waals surface area contributed by atoms with E-state index in [9.17, 15) is 4.79 Å². The van der Waals surface area contributed by atoms with Crippen molar-refractivity contribution in [1.82, 2.24) is 9.88 Å². The van der Waals surface area contributed by atoms with E-state index in [1.165, 1.54) is 0 Å². The van der Waals surface area contributed by atoms with E-state index in [2.05, 4.69) is 4.98 Å². The minimum absolute atomic E-state index is 0.0398. The lowest BCUT2D eigenvalue weighted by Gasteiger charge is -2.24. The van der Waals surface area contributed by atoms with E-state index in [4.69, 9.17) is 17.2 Å². The van der Waals surface area contributed by atoms with Crippen LogP contribution in [0.15, 0.2) is 66.1 Å². The quantitative estimate of drug-likeness (QED) is 0.726. The molecular formula is C20H25N5O. The zero-order valence-corrected chi connectivity index (χ0v) is 14.7. The third kappa shape index (κ3) is 3.76. The summed E-state index contributed by atoms with van der Waals surface area (Å²) in [5.41, 5.74) is 21.7. The fourth-order valence-corrected chi connectivity index (χ4v) is 3.39. The van der Waals surface area contributed by atoms with Gasteiger partial charge in [0.05, 0.1) is 18.5 Å². The van der Waals surface area contributed by atoms with Crippen LogP contribution in [0.5, 0.6) is 0 Å². The largest absolute Gasteiger partial charge is 0.401 e. The second kappa shape index (κ2) is 8.12. The molecule has 0 fully saturated rings. The van der Waals surface area contributed by atoms with Gasteiger partial charge in [0.2, 0.25) is 5.91 Å². The van der Waals surface area contributed by atoms with Gasteiger partial charge in [-0.25, -0.2) is 0 Å². The van der Waals surface area contributed by atoms with Crippen LogP contribution in [-0.2, 0) is 4.79 Å². The van der Waals surface area contributed by atoms with Gasteiger partial charge in [-0.3, -0.25) is 9.78 Å². The zero-order valence-electron chi connectivity index (χ0n) is 14.7. The highest BCUT2D eigenvalue weighted by Gasteiger charge is 2.32. The SMILES string of the molecule is NCCC(C(=O)N1CC(N)=C(C(N)c2cccnc2)C1)c1ccccc1. The molecule has 1 aliphatic heterocycles. The van der Waals surface area contributed by atoms with E-state index in [1.54, 1.807) is 17.3 Å². The Balaban J connectivity index is 1.76. The Labute approximate surface area is 153 Å². The number of carbonyl (C=O) groups is 1. The van der Waals surface area contributed by atoms with Crippen LogP contribution in [0.25, 0.3) is 0 Å². The Hall–Kier alpha value is -2.70. The molecule has 0 bridgehead atoms. The van der Waals surface area contributed by atoms with Crippen LogP contribution in [0.2, 0.25) is 0 Å². The summed E-state index contributed by atoms with van der Waals surface area (Å²) in [6.45, 7) is 1.29. The van der Waals surface area contributed by atoms with E-state index in [0.717, 1.165) is 16.7 Å². The third-order valence-electron chi connectivity index (χ3n) is 4.82. The molecule has 2 atom stereocenters. The predicted octanol–water partition coefficient (Wildman–Crippen LogP) is 1.27. The minimum atomic E-state index is -0.355. The lowest BCUT2D eigenvalue weighted by atomic mass is 9.94. The standard InChI is InChI=1S/C20H25N5O/c21-9-8-16(14-5-2-1-3-6-14)20(26)25-12-17(18(22)13-25)19(23)15-7-4-10-24-11-15/h1-7,10-11,16,19H,8-9,12-13,21-23H2. The zero-order chi connectivity index (χ0) is 18.5. The van der Waals surface area contributed by atoms with Gasteiger partial charge in [-0.05, 0) is 35.7 Å². The summed E-state index contributed by atoms with van der Waals surface area (Å²) in [4.78, 5) is 19.0. The van der Waals surface area contributed by atoms with Crippen molar-refractivity contribution in [3.8, 4) is 0 Å². The maximum atomic E-state index is 13.1. The lowest BCUT2D eigenvalue weighted by molar-refractivity contribution is -0.131. The predicted molar refractivity (Wildman–Crippen MR) is 102 cm³/mol. The summed E-state index contributed by atoms with van der Waals surface area (Å²) in [6.07, 6.45) is 4.04. The Morgan fingerprint density at radius 3 is 2.50 bits per heavy atom. The van der Waals surface area contributed by atoms with Gasteiger partial charge in [-0.1, -0.05) is 36.4 Å². The minimum Gasteiger partial charge on any atom is -0.401 e. The highest BCUT2D eigenvalue weighted by molar-refractivity contribution is 5.84. The molecule has 6 heteroatoms. The van der Waals surface area contributed by atoms with Crippen molar-refractivity contribution in [2.45, 2.75) is 18.4 Å². The molecule has 1 aliphatic rings. The summed E-state index contributed by atoms with van der Waals surface area (Å²) in [7, 11) is 0. The Morgan fingerprint density at radius 2 is 1.85 bits per heavy atom. The van der Waals surface area contributed by atoms with Gasteiger partial charge >= 0.3 is 0 Å². The molecule has 0 spiro atoms. The molecule has 26 heavy (non-hydrogen) atoms. The molecular weight excluding hydrogens is 326 g/mol. The van der Waals surface area contributed by atoms with E-state index in [0.29, 0.717) is 31.8 Å². The summed E-state index contributed by atoms with van der Waals surface area (Å²) in [5, 5.41) is 0. The van der Waals surface area contributed by atoms with Crippen LogP contribution in [0, 0.1) is 0 Å². The first-order chi connectivity index (χ1) is 12.6. The molecule has 1 aromatic carbocycles. The first-order valence-electron chi connectivity index (χ1n) is 8.78. The monoisotopic (exact) mass is 351 g/mol. The van der Waals surface area contributed by atoms with Gasteiger partial charge in [-0.2, -0.15) is 0 Å². The van der Waals surface area contributed by atoms with Crippen molar-refractivity contribution < 1.29 is 4.79 Å². The topological polar surface area (TPSA) is 111 Å². The number of nitrogens with two attached hydrogens (primary N) is 3. The first-order valence-corrected chi connectivity index (χ1v) is 8.78. The summed E-state index contributed by atoms with van der Waals surface area (Å²) in [6, 6.07) is 13.2. The number of nitrogens with zero attached hydrogens (tertiary/aromatic N) is 2. The summed E-state index contributed by atoms with van der Waals surface area (Å²) < 4.78 is 0. The van der Waals surface area contributed by atoms with Crippen molar-refractivity contribution in [3.63, 3.8) is 0 Å². The van der Waals surface area contributed by atoms with E-state index < -0.39 is 0 Å². The second-order valence-electron chi connectivity index (χ2n) is 6.55. The Kier molecular flexibility index (Phi) is 5.65. The molecule has 0 aliphatic carbocycles. The number of hydrogen-bond acceptors (Lipinski definition) is 5. The third-order valence-corrected chi connectivity index (χ3v) is 4.82. The van der Waals surface area contributed by atoms with Crippen LogP contribution >= 0.6 is 0 Å². The van der Waals surface area contributed by atoms with E-state index in [-0.39, 0.29) is 17.9 Å². The number of hydrogen-bond donors (Lipinski definition) is 3. The van der Waals surface area contributed by atoms with Crippen LogP contribution in [0.1, 0.15) is 29.5 Å². The number of amides is 1. The van der Waals surface area contributed by atoms with Gasteiger partial charge < -0.3 is 22.1 Å². The molecule has 2 aromatic rings. The number of rotatable bonds is 6. The molecule has 2 unspecified atom stereocenters. The van der Waals surface area contributed by atoms with Crippen LogP contribution in [0.4, 0.5) is 0 Å². The van der Waals surface area contributed by atoms with Gasteiger partial charge in [-0.15, -0.1) is 0 Å². The van der Waals surface area contributed by atoms with Gasteiger partial charge in [0, 0.05) is 24.6 Å². The highest BCUT2D eigenvalue weighted by Crippen LogP contribution is 2.29. The van der Waals surface area contributed by atoms with Gasteiger partial charge in [0.15, 0.2) is 0 Å². The van der Waals surface area contributed by atoms with Crippen molar-refractivity contribution >= 4 is 5.91 Å². The average molecular weight is 351 g/mol. The van der Waals surface area contributed by atoms with E-state index >= 15 is 0 Å². The maximum Gasteiger partial charge on any atom is 0.230 e. The fraction of sp³-hybridized carbons (Fsp3) is 0.300. The van der Waals surface area contributed by atoms with Crippen molar-refractivity contribution in [2.75, 3.05) is 19.6 Å². The molecule has 1 amide bonds. The molecule has 0 radical (unpaired) electrons. The smallest absolute Gasteiger partial charge is 0.230 e. The Morgan fingerprint density at radius 1 is 1.12 bits per heavy atom. The van der Waals surface area contributed by atoms with Gasteiger partial charge in [0.1, 0.15) is 0 Å². The van der Waals surface area contributed by atoms with Crippen molar-refractivity contribution in [2.24, 2.45) is 17.2 Å². The lowest BCUT2D eigenvalue weighted by Crippen LogP contribution is -2.35. The molecule has 1 aromatic heterocycles. The fourth-order valence-electron chi connectivity index (χ4n) is 3.39. The number of pyridine rings is 1. The second-order valence-corrected chi connectivity index (χ2v) is 6.55. The highest BCUT2D eigenvalue weighted by atomic mass is 16.2. The summed E-state index contributed by atoms with van der Waals surface area (Å²) in [5.74, 6) is -0.221. The molecule has 0 saturated heterocycles. The number of carbonyl (C=O) groups excluding carboxylic acids is 1. The normalized spacial score (nSPS) is 16.6. The maximum absolute atomic E-state index is 13.1. The van der Waals surface area contributed by atoms with Gasteiger partial charge in [0.25, 0.3) is 0 Å². The average Bonchev–Trinajstić information content (AvgIpc) is 3.08.